The summed E-state index contributed by atoms with van der Waals surface area (Å²) in [5.74, 6) is -0.809. The molecule has 0 fully saturated rings. The molecule has 4 rings (SSSR count). The van der Waals surface area contributed by atoms with Crippen molar-refractivity contribution < 1.29 is 14.4 Å². The van der Waals surface area contributed by atoms with Gasteiger partial charge in [0.05, 0.1) is 17.7 Å². The lowest BCUT2D eigenvalue weighted by Gasteiger charge is -2.18. The van der Waals surface area contributed by atoms with Gasteiger partial charge in [-0.05, 0) is 54.0 Å². The van der Waals surface area contributed by atoms with Gasteiger partial charge >= 0.3 is 0 Å². The van der Waals surface area contributed by atoms with Gasteiger partial charge in [-0.25, -0.2) is 0 Å². The molecule has 3 amide bonds. The van der Waals surface area contributed by atoms with Gasteiger partial charge < -0.3 is 5.32 Å². The lowest BCUT2D eigenvalue weighted by molar-refractivity contribution is 0.0642. The van der Waals surface area contributed by atoms with Gasteiger partial charge in [0.15, 0.2) is 0 Å². The van der Waals surface area contributed by atoms with E-state index in [4.69, 9.17) is 0 Å². The van der Waals surface area contributed by atoms with Crippen molar-refractivity contribution in [2.75, 3.05) is 13.1 Å². The SMILES string of the molecule is CCN(CC)Cc1ccc(CNC(=O)c2cccc(CN3C(=O)c4ccccc4C3=O)c2)cc1. The fraction of sp³-hybridized carbons (Fsp3) is 0.250. The second-order valence-corrected chi connectivity index (χ2v) is 8.40. The van der Waals surface area contributed by atoms with Crippen LogP contribution in [-0.2, 0) is 19.6 Å². The molecule has 3 aromatic rings. The number of carbonyl (C=O) groups is 3. The quantitative estimate of drug-likeness (QED) is 0.490. The first-order valence-electron chi connectivity index (χ1n) is 11.6. The van der Waals surface area contributed by atoms with E-state index in [1.807, 2.05) is 18.2 Å². The van der Waals surface area contributed by atoms with Gasteiger partial charge in [0.25, 0.3) is 17.7 Å². The smallest absolute Gasteiger partial charge is 0.261 e. The minimum atomic E-state index is -0.306. The van der Waals surface area contributed by atoms with E-state index in [1.165, 1.54) is 10.5 Å². The summed E-state index contributed by atoms with van der Waals surface area (Å²) in [4.78, 5) is 41.6. The summed E-state index contributed by atoms with van der Waals surface area (Å²) in [6, 6.07) is 22.1. The molecule has 1 heterocycles. The van der Waals surface area contributed by atoms with Crippen molar-refractivity contribution >= 4 is 17.7 Å². The van der Waals surface area contributed by atoms with E-state index >= 15 is 0 Å². The molecule has 174 valence electrons. The van der Waals surface area contributed by atoms with Crippen molar-refractivity contribution in [2.24, 2.45) is 0 Å². The fourth-order valence-corrected chi connectivity index (χ4v) is 4.13. The molecule has 6 nitrogen and oxygen atoms in total. The number of fused-ring (bicyclic) bond motifs is 1. The largest absolute Gasteiger partial charge is 0.348 e. The first kappa shape index (κ1) is 23.4. The topological polar surface area (TPSA) is 69.7 Å². The molecule has 3 aromatic carbocycles. The van der Waals surface area contributed by atoms with E-state index in [9.17, 15) is 14.4 Å². The van der Waals surface area contributed by atoms with Crippen LogP contribution in [0.15, 0.2) is 72.8 Å². The van der Waals surface area contributed by atoms with Crippen LogP contribution in [0.3, 0.4) is 0 Å². The Kier molecular flexibility index (Phi) is 7.18. The number of nitrogens with zero attached hydrogens (tertiary/aromatic N) is 2. The Bertz CT molecular complexity index is 1160. The molecule has 34 heavy (non-hydrogen) atoms. The minimum absolute atomic E-state index is 0.126. The van der Waals surface area contributed by atoms with E-state index < -0.39 is 0 Å². The summed E-state index contributed by atoms with van der Waals surface area (Å²) >= 11 is 0. The molecule has 0 aromatic heterocycles. The molecule has 6 heteroatoms. The van der Waals surface area contributed by atoms with Gasteiger partial charge in [-0.1, -0.05) is 62.4 Å². The average Bonchev–Trinajstić information content (AvgIpc) is 3.11. The van der Waals surface area contributed by atoms with E-state index in [2.05, 4.69) is 36.2 Å². The summed E-state index contributed by atoms with van der Waals surface area (Å²) in [5, 5.41) is 2.95. The summed E-state index contributed by atoms with van der Waals surface area (Å²) < 4.78 is 0. The maximum Gasteiger partial charge on any atom is 0.261 e. The monoisotopic (exact) mass is 455 g/mol. The van der Waals surface area contributed by atoms with Gasteiger partial charge in [0.1, 0.15) is 0 Å². The van der Waals surface area contributed by atoms with Crippen molar-refractivity contribution in [2.45, 2.75) is 33.5 Å². The van der Waals surface area contributed by atoms with Crippen LogP contribution in [0, 0.1) is 0 Å². The van der Waals surface area contributed by atoms with Crippen LogP contribution in [0.4, 0.5) is 0 Å². The Morgan fingerprint density at radius 1 is 0.794 bits per heavy atom. The number of carbonyl (C=O) groups excluding carboxylic acids is 3. The molecule has 0 unspecified atom stereocenters. The molecular weight excluding hydrogens is 426 g/mol. The van der Waals surface area contributed by atoms with Gasteiger partial charge in [-0.15, -0.1) is 0 Å². The van der Waals surface area contributed by atoms with Crippen LogP contribution in [0.5, 0.6) is 0 Å². The van der Waals surface area contributed by atoms with Crippen LogP contribution < -0.4 is 5.32 Å². The molecule has 1 aliphatic heterocycles. The van der Waals surface area contributed by atoms with Crippen LogP contribution in [0.1, 0.15) is 61.6 Å². The van der Waals surface area contributed by atoms with Gasteiger partial charge in [-0.2, -0.15) is 0 Å². The maximum absolute atomic E-state index is 12.7. The van der Waals surface area contributed by atoms with Crippen molar-refractivity contribution in [1.29, 1.82) is 0 Å². The Morgan fingerprint density at radius 3 is 2.03 bits per heavy atom. The van der Waals surface area contributed by atoms with Crippen molar-refractivity contribution in [3.05, 3.63) is 106 Å². The van der Waals surface area contributed by atoms with Gasteiger partial charge in [0, 0.05) is 18.7 Å². The minimum Gasteiger partial charge on any atom is -0.348 e. The molecule has 0 aliphatic carbocycles. The second-order valence-electron chi connectivity index (χ2n) is 8.40. The molecule has 1 N–H and O–H groups in total. The standard InChI is InChI=1S/C28H29N3O3/c1-3-30(4-2)18-21-14-12-20(13-15-21)17-29-26(32)23-9-7-8-22(16-23)19-31-27(33)24-10-5-6-11-25(24)28(31)34/h5-16H,3-4,17-19H2,1-2H3,(H,29,32). The Labute approximate surface area is 200 Å². The first-order valence-corrected chi connectivity index (χ1v) is 11.6. The highest BCUT2D eigenvalue weighted by Crippen LogP contribution is 2.24. The molecule has 0 bridgehead atoms. The van der Waals surface area contributed by atoms with E-state index in [0.717, 1.165) is 30.8 Å². The van der Waals surface area contributed by atoms with Gasteiger partial charge in [-0.3, -0.25) is 24.2 Å². The van der Waals surface area contributed by atoms with Gasteiger partial charge in [0.2, 0.25) is 0 Å². The lowest BCUT2D eigenvalue weighted by atomic mass is 10.1. The zero-order valence-electron chi connectivity index (χ0n) is 19.6. The molecule has 0 saturated heterocycles. The second kappa shape index (κ2) is 10.4. The lowest BCUT2D eigenvalue weighted by Crippen LogP contribution is -2.29. The molecule has 0 saturated carbocycles. The predicted octanol–water partition coefficient (Wildman–Crippen LogP) is 4.25. The number of amides is 3. The molecule has 0 atom stereocenters. The summed E-state index contributed by atoms with van der Waals surface area (Å²) in [6.45, 7) is 7.80. The third-order valence-electron chi connectivity index (χ3n) is 6.18. The molecular formula is C28H29N3O3. The third-order valence-corrected chi connectivity index (χ3v) is 6.18. The summed E-state index contributed by atoms with van der Waals surface area (Å²) in [6.07, 6.45) is 0. The van der Waals surface area contributed by atoms with Crippen molar-refractivity contribution in [3.63, 3.8) is 0 Å². The maximum atomic E-state index is 12.7. The van der Waals surface area contributed by atoms with Crippen LogP contribution in [0.2, 0.25) is 0 Å². The summed E-state index contributed by atoms with van der Waals surface area (Å²) in [7, 11) is 0. The Hall–Kier alpha value is -3.77. The number of imide groups is 1. The van der Waals surface area contributed by atoms with E-state index in [0.29, 0.717) is 23.2 Å². The van der Waals surface area contributed by atoms with Crippen LogP contribution in [0.25, 0.3) is 0 Å². The highest BCUT2D eigenvalue weighted by Gasteiger charge is 2.34. The van der Waals surface area contributed by atoms with E-state index in [1.54, 1.807) is 42.5 Å². The highest BCUT2D eigenvalue weighted by atomic mass is 16.2. The average molecular weight is 456 g/mol. The predicted molar refractivity (Wildman–Crippen MR) is 131 cm³/mol. The first-order chi connectivity index (χ1) is 16.5. The Morgan fingerprint density at radius 2 is 1.41 bits per heavy atom. The number of benzene rings is 3. The van der Waals surface area contributed by atoms with E-state index in [-0.39, 0.29) is 24.3 Å². The zero-order valence-corrected chi connectivity index (χ0v) is 19.6. The van der Waals surface area contributed by atoms with Crippen molar-refractivity contribution in [1.82, 2.24) is 15.1 Å². The molecule has 1 aliphatic rings. The van der Waals surface area contributed by atoms with Crippen LogP contribution >= 0.6 is 0 Å². The van der Waals surface area contributed by atoms with Crippen molar-refractivity contribution in [3.8, 4) is 0 Å². The fourth-order valence-electron chi connectivity index (χ4n) is 4.13. The molecule has 0 radical (unpaired) electrons. The number of nitrogens with one attached hydrogen (secondary N) is 1. The highest BCUT2D eigenvalue weighted by molar-refractivity contribution is 6.21. The number of hydrogen-bond donors (Lipinski definition) is 1. The normalized spacial score (nSPS) is 12.9. The number of rotatable bonds is 9. The Balaban J connectivity index is 1.36. The molecule has 0 spiro atoms. The number of hydrogen-bond acceptors (Lipinski definition) is 4. The third kappa shape index (κ3) is 5.07. The van der Waals surface area contributed by atoms with Crippen LogP contribution in [-0.4, -0.2) is 40.6 Å². The summed E-state index contributed by atoms with van der Waals surface area (Å²) in [5.41, 5.74) is 4.34. The zero-order chi connectivity index (χ0) is 24.1.